The summed E-state index contributed by atoms with van der Waals surface area (Å²) in [5, 5.41) is 5.49. The molecular weight excluding hydrogens is 376 g/mol. The molecule has 0 spiro atoms. The number of carbonyl (C=O) groups excluding carboxylic acids is 2. The van der Waals surface area contributed by atoms with Gasteiger partial charge in [-0.25, -0.2) is 0 Å². The van der Waals surface area contributed by atoms with Crippen LogP contribution in [-0.2, 0) is 4.79 Å². The van der Waals surface area contributed by atoms with Crippen molar-refractivity contribution >= 4 is 29.9 Å². The maximum absolute atomic E-state index is 12.7. The van der Waals surface area contributed by atoms with Gasteiger partial charge in [-0.05, 0) is 30.7 Å². The van der Waals surface area contributed by atoms with Crippen molar-refractivity contribution in [3.05, 3.63) is 65.7 Å². The molecule has 1 aliphatic heterocycles. The van der Waals surface area contributed by atoms with Crippen LogP contribution >= 0.6 is 12.4 Å². The molecule has 6 nitrogen and oxygen atoms in total. The molecule has 2 aromatic rings. The van der Waals surface area contributed by atoms with E-state index in [4.69, 9.17) is 5.73 Å². The molecule has 3 rings (SSSR count). The van der Waals surface area contributed by atoms with Gasteiger partial charge in [0.1, 0.15) is 0 Å². The summed E-state index contributed by atoms with van der Waals surface area (Å²) in [4.78, 5) is 26.6. The van der Waals surface area contributed by atoms with E-state index in [1.54, 1.807) is 31.3 Å². The van der Waals surface area contributed by atoms with E-state index in [0.29, 0.717) is 17.8 Å². The summed E-state index contributed by atoms with van der Waals surface area (Å²) in [6.45, 7) is 3.31. The maximum Gasteiger partial charge on any atom is 0.251 e. The smallest absolute Gasteiger partial charge is 0.251 e. The number of halogens is 1. The topological polar surface area (TPSA) is 87.5 Å². The molecule has 0 radical (unpaired) electrons. The zero-order valence-electron chi connectivity index (χ0n) is 16.1. The summed E-state index contributed by atoms with van der Waals surface area (Å²) in [6.07, 6.45) is 0. The second-order valence-corrected chi connectivity index (χ2v) is 6.96. The summed E-state index contributed by atoms with van der Waals surface area (Å²) >= 11 is 0. The maximum atomic E-state index is 12.7. The molecule has 2 aromatic carbocycles. The fraction of sp³-hybridized carbons (Fsp3) is 0.333. The van der Waals surface area contributed by atoms with Crippen LogP contribution in [0.3, 0.4) is 0 Å². The lowest BCUT2D eigenvalue weighted by Gasteiger charge is -2.23. The van der Waals surface area contributed by atoms with Crippen LogP contribution in [0.5, 0.6) is 0 Å². The number of hydrogen-bond donors (Lipinski definition) is 3. The Bertz CT molecular complexity index is 815. The van der Waals surface area contributed by atoms with Gasteiger partial charge in [0, 0.05) is 43.3 Å². The lowest BCUT2D eigenvalue weighted by atomic mass is 9.95. The third kappa shape index (κ3) is 4.90. The number of nitrogens with two attached hydrogens (primary N) is 1. The number of hydrogen-bond acceptors (Lipinski definition) is 4. The number of anilines is 1. The molecule has 0 aliphatic carbocycles. The lowest BCUT2D eigenvalue weighted by Crippen LogP contribution is -2.41. The monoisotopic (exact) mass is 402 g/mol. The SMILES string of the molecule is CNC(=O)c1cccc(NC(=O)C(C)N2C[C@@H](N)[C@H](c3ccccc3)C2)c1.Cl. The Hall–Kier alpha value is -2.41. The first kappa shape index (κ1) is 21.9. The van der Waals surface area contributed by atoms with E-state index in [-0.39, 0.29) is 42.2 Å². The van der Waals surface area contributed by atoms with Crippen molar-refractivity contribution in [3.63, 3.8) is 0 Å². The van der Waals surface area contributed by atoms with Crippen LogP contribution in [0, 0.1) is 0 Å². The summed E-state index contributed by atoms with van der Waals surface area (Å²) in [5.74, 6) is -0.0710. The van der Waals surface area contributed by atoms with Crippen LogP contribution < -0.4 is 16.4 Å². The lowest BCUT2D eigenvalue weighted by molar-refractivity contribution is -0.120. The Labute approximate surface area is 171 Å². The first-order chi connectivity index (χ1) is 13.0. The van der Waals surface area contributed by atoms with Gasteiger partial charge in [0.05, 0.1) is 6.04 Å². The van der Waals surface area contributed by atoms with E-state index >= 15 is 0 Å². The second kappa shape index (κ2) is 9.68. The van der Waals surface area contributed by atoms with E-state index in [9.17, 15) is 9.59 Å². The molecule has 1 aliphatic rings. The molecular formula is C21H27ClN4O2. The van der Waals surface area contributed by atoms with Crippen LogP contribution in [0.15, 0.2) is 54.6 Å². The number of rotatable bonds is 5. The van der Waals surface area contributed by atoms with E-state index < -0.39 is 0 Å². The first-order valence-corrected chi connectivity index (χ1v) is 9.17. The fourth-order valence-electron chi connectivity index (χ4n) is 3.52. The van der Waals surface area contributed by atoms with Crippen LogP contribution in [0.2, 0.25) is 0 Å². The molecule has 1 saturated heterocycles. The van der Waals surface area contributed by atoms with Gasteiger partial charge in [-0.2, -0.15) is 0 Å². The minimum absolute atomic E-state index is 0. The Morgan fingerprint density at radius 1 is 1.11 bits per heavy atom. The third-order valence-electron chi connectivity index (χ3n) is 5.17. The van der Waals surface area contributed by atoms with Crippen LogP contribution in [0.4, 0.5) is 5.69 Å². The minimum Gasteiger partial charge on any atom is -0.355 e. The largest absolute Gasteiger partial charge is 0.355 e. The van der Waals surface area contributed by atoms with Gasteiger partial charge in [-0.3, -0.25) is 14.5 Å². The molecule has 150 valence electrons. The average molecular weight is 403 g/mol. The summed E-state index contributed by atoms with van der Waals surface area (Å²) in [7, 11) is 1.58. The first-order valence-electron chi connectivity index (χ1n) is 9.17. The molecule has 28 heavy (non-hydrogen) atoms. The number of carbonyl (C=O) groups is 2. The molecule has 1 unspecified atom stereocenters. The standard InChI is InChI=1S/C21H26N4O2.ClH/c1-14(20(26)24-17-10-6-9-16(11-17)21(27)23-2)25-12-18(19(22)13-25)15-7-4-3-5-8-15;/h3-11,14,18-19H,12-13,22H2,1-2H3,(H,23,27)(H,24,26);1H/t14?,18-,19+;/m0./s1. The Morgan fingerprint density at radius 3 is 2.50 bits per heavy atom. The molecule has 0 aromatic heterocycles. The van der Waals surface area contributed by atoms with Gasteiger partial charge in [0.2, 0.25) is 5.91 Å². The van der Waals surface area contributed by atoms with Gasteiger partial charge in [-0.15, -0.1) is 12.4 Å². The number of likely N-dealkylation sites (tertiary alicyclic amines) is 1. The molecule has 1 heterocycles. The van der Waals surface area contributed by atoms with Crippen LogP contribution in [-0.4, -0.2) is 48.9 Å². The van der Waals surface area contributed by atoms with Gasteiger partial charge < -0.3 is 16.4 Å². The van der Waals surface area contributed by atoms with Crippen molar-refractivity contribution in [2.75, 3.05) is 25.5 Å². The van der Waals surface area contributed by atoms with Crippen molar-refractivity contribution in [2.45, 2.75) is 24.9 Å². The second-order valence-electron chi connectivity index (χ2n) is 6.96. The molecule has 7 heteroatoms. The summed E-state index contributed by atoms with van der Waals surface area (Å²) in [5.41, 5.74) is 8.67. The minimum atomic E-state index is -0.312. The van der Waals surface area contributed by atoms with E-state index in [1.807, 2.05) is 25.1 Å². The van der Waals surface area contributed by atoms with Crippen LogP contribution in [0.1, 0.15) is 28.8 Å². The predicted octanol–water partition coefficient (Wildman–Crippen LogP) is 2.22. The number of amides is 2. The van der Waals surface area contributed by atoms with Gasteiger partial charge in [0.25, 0.3) is 5.91 Å². The quantitative estimate of drug-likeness (QED) is 0.715. The highest BCUT2D eigenvalue weighted by atomic mass is 35.5. The Balaban J connectivity index is 0.00000280. The number of nitrogens with one attached hydrogen (secondary N) is 2. The van der Waals surface area contributed by atoms with Gasteiger partial charge in [-0.1, -0.05) is 36.4 Å². The van der Waals surface area contributed by atoms with Crippen molar-refractivity contribution in [2.24, 2.45) is 5.73 Å². The molecule has 3 atom stereocenters. The highest BCUT2D eigenvalue weighted by Gasteiger charge is 2.35. The molecule has 4 N–H and O–H groups in total. The van der Waals surface area contributed by atoms with Crippen LogP contribution in [0.25, 0.3) is 0 Å². The number of benzene rings is 2. The van der Waals surface area contributed by atoms with Crippen molar-refractivity contribution in [1.82, 2.24) is 10.2 Å². The van der Waals surface area contributed by atoms with Gasteiger partial charge in [0.15, 0.2) is 0 Å². The van der Waals surface area contributed by atoms with E-state index in [0.717, 1.165) is 6.54 Å². The summed E-state index contributed by atoms with van der Waals surface area (Å²) < 4.78 is 0. The zero-order valence-corrected chi connectivity index (χ0v) is 16.9. The van der Waals surface area contributed by atoms with E-state index in [1.165, 1.54) is 5.56 Å². The molecule has 0 bridgehead atoms. The van der Waals surface area contributed by atoms with Crippen molar-refractivity contribution in [3.8, 4) is 0 Å². The van der Waals surface area contributed by atoms with Crippen molar-refractivity contribution < 1.29 is 9.59 Å². The molecule has 0 saturated carbocycles. The summed E-state index contributed by atoms with van der Waals surface area (Å²) in [6, 6.07) is 16.8. The normalized spacial score (nSPS) is 20.1. The fourth-order valence-corrected chi connectivity index (χ4v) is 3.52. The van der Waals surface area contributed by atoms with Crippen molar-refractivity contribution in [1.29, 1.82) is 0 Å². The Kier molecular flexibility index (Phi) is 7.57. The molecule has 2 amide bonds. The Morgan fingerprint density at radius 2 is 1.82 bits per heavy atom. The third-order valence-corrected chi connectivity index (χ3v) is 5.17. The predicted molar refractivity (Wildman–Crippen MR) is 114 cm³/mol. The highest BCUT2D eigenvalue weighted by Crippen LogP contribution is 2.28. The number of nitrogens with zero attached hydrogens (tertiary/aromatic N) is 1. The zero-order chi connectivity index (χ0) is 19.4. The van der Waals surface area contributed by atoms with Gasteiger partial charge >= 0.3 is 0 Å². The van der Waals surface area contributed by atoms with E-state index in [2.05, 4.69) is 27.7 Å². The average Bonchev–Trinajstić information content (AvgIpc) is 3.09. The molecule has 1 fully saturated rings. The highest BCUT2D eigenvalue weighted by molar-refractivity contribution is 5.98.